The fourth-order valence-corrected chi connectivity index (χ4v) is 4.96. The summed E-state index contributed by atoms with van der Waals surface area (Å²) in [5.41, 5.74) is 4.63. The molecular weight excluding hydrogens is 493 g/mol. The van der Waals surface area contributed by atoms with Crippen molar-refractivity contribution in [1.82, 2.24) is 29.5 Å². The van der Waals surface area contributed by atoms with Crippen molar-refractivity contribution >= 4 is 16.9 Å². The topological polar surface area (TPSA) is 70.0 Å². The van der Waals surface area contributed by atoms with E-state index in [-0.39, 0.29) is 11.9 Å². The van der Waals surface area contributed by atoms with Gasteiger partial charge in [0, 0.05) is 47.6 Å². The highest BCUT2D eigenvalue weighted by atomic mass is 19.4. The number of benzene rings is 1. The zero-order valence-corrected chi connectivity index (χ0v) is 21.7. The summed E-state index contributed by atoms with van der Waals surface area (Å²) < 4.78 is 41.6. The minimum Gasteiger partial charge on any atom is -0.346 e. The molecule has 0 saturated heterocycles. The number of nitrogens with zero attached hydrogens (tertiary/aromatic N) is 5. The number of likely N-dealkylation sites (N-methyl/N-ethyl adjacent to an activating group) is 1. The molecule has 10 heteroatoms. The van der Waals surface area contributed by atoms with Crippen molar-refractivity contribution in [2.24, 2.45) is 0 Å². The fourth-order valence-electron chi connectivity index (χ4n) is 4.96. The highest BCUT2D eigenvalue weighted by Crippen LogP contribution is 2.41. The van der Waals surface area contributed by atoms with Crippen LogP contribution in [0.3, 0.4) is 0 Å². The number of aromatic amines is 1. The molecule has 4 heterocycles. The molecular formula is C28H29F3N6O. The van der Waals surface area contributed by atoms with Gasteiger partial charge in [-0.3, -0.25) is 9.48 Å². The lowest BCUT2D eigenvalue weighted by Gasteiger charge is -2.33. The first kappa shape index (κ1) is 25.7. The summed E-state index contributed by atoms with van der Waals surface area (Å²) in [6.45, 7) is 5.39. The molecule has 1 aliphatic heterocycles. The van der Waals surface area contributed by atoms with Crippen molar-refractivity contribution in [2.45, 2.75) is 39.2 Å². The third-order valence-corrected chi connectivity index (χ3v) is 6.89. The van der Waals surface area contributed by atoms with Gasteiger partial charge in [-0.15, -0.1) is 0 Å². The molecule has 0 unspecified atom stereocenters. The molecule has 1 N–H and O–H groups in total. The average Bonchev–Trinajstić information content (AvgIpc) is 3.43. The van der Waals surface area contributed by atoms with E-state index in [2.05, 4.69) is 9.97 Å². The lowest BCUT2D eigenvalue weighted by molar-refractivity contribution is -0.137. The highest BCUT2D eigenvalue weighted by molar-refractivity contribution is 6.00. The number of hydrogen-bond donors (Lipinski definition) is 1. The Morgan fingerprint density at radius 1 is 1.21 bits per heavy atom. The van der Waals surface area contributed by atoms with Gasteiger partial charge in [0.15, 0.2) is 0 Å². The first-order valence-corrected chi connectivity index (χ1v) is 12.4. The van der Waals surface area contributed by atoms with Gasteiger partial charge in [-0.1, -0.05) is 18.2 Å². The van der Waals surface area contributed by atoms with Gasteiger partial charge >= 0.3 is 6.18 Å². The zero-order valence-electron chi connectivity index (χ0n) is 21.7. The molecule has 1 atom stereocenters. The molecule has 5 rings (SSSR count). The predicted octanol–water partition coefficient (Wildman–Crippen LogP) is 5.27. The molecule has 1 amide bonds. The molecule has 0 bridgehead atoms. The lowest BCUT2D eigenvalue weighted by Crippen LogP contribution is -2.44. The Morgan fingerprint density at radius 3 is 2.63 bits per heavy atom. The van der Waals surface area contributed by atoms with Gasteiger partial charge in [0.2, 0.25) is 5.91 Å². The molecule has 0 saturated carbocycles. The number of aryl methyl sites for hydroxylation is 1. The third-order valence-electron chi connectivity index (χ3n) is 6.89. The number of H-pyrrole nitrogens is 1. The van der Waals surface area contributed by atoms with E-state index in [0.717, 1.165) is 39.9 Å². The van der Waals surface area contributed by atoms with Crippen molar-refractivity contribution in [3.63, 3.8) is 0 Å². The normalized spacial score (nSPS) is 16.1. The summed E-state index contributed by atoms with van der Waals surface area (Å²) >= 11 is 0. The van der Waals surface area contributed by atoms with Crippen molar-refractivity contribution in [1.29, 1.82) is 0 Å². The molecule has 1 aliphatic rings. The van der Waals surface area contributed by atoms with Crippen molar-refractivity contribution < 1.29 is 18.0 Å². The summed E-state index contributed by atoms with van der Waals surface area (Å²) in [7, 11) is 3.87. The molecule has 198 valence electrons. The lowest BCUT2D eigenvalue weighted by atomic mass is 9.95. The van der Waals surface area contributed by atoms with E-state index in [1.54, 1.807) is 12.3 Å². The summed E-state index contributed by atoms with van der Waals surface area (Å²) in [4.78, 5) is 24.6. The number of carbonyl (C=O) groups excluding carboxylic acids is 1. The standard InChI is InChI=1S/C28H29F3N6O/c1-17-14-33-27-24(17)21(11-12-32-27)25-22-16-36(23(38)6-5-13-35(3)4)18(2)15-37(22)34-26(25)19-7-9-20(10-8-19)28(29,30)31/h5-12,14,18H,13,15-16H2,1-4H3,(H,32,33)/b6-5+/t18-/m0/s1. The molecule has 3 aromatic heterocycles. The number of pyridine rings is 1. The number of halogens is 3. The van der Waals surface area contributed by atoms with Crippen LogP contribution >= 0.6 is 0 Å². The van der Waals surface area contributed by atoms with Gasteiger partial charge in [-0.2, -0.15) is 18.3 Å². The van der Waals surface area contributed by atoms with Crippen LogP contribution in [-0.2, 0) is 24.1 Å². The first-order chi connectivity index (χ1) is 18.0. The monoisotopic (exact) mass is 522 g/mol. The van der Waals surface area contributed by atoms with Gasteiger partial charge < -0.3 is 14.8 Å². The Morgan fingerprint density at radius 2 is 1.95 bits per heavy atom. The predicted molar refractivity (Wildman–Crippen MR) is 140 cm³/mol. The van der Waals surface area contributed by atoms with Crippen molar-refractivity contribution in [3.05, 3.63) is 71.7 Å². The van der Waals surface area contributed by atoms with Crippen LogP contribution in [-0.4, -0.2) is 62.1 Å². The van der Waals surface area contributed by atoms with Gasteiger partial charge in [0.1, 0.15) is 11.3 Å². The van der Waals surface area contributed by atoms with Crippen LogP contribution < -0.4 is 0 Å². The SMILES string of the molecule is Cc1c[nH]c2nccc(-c3c(-c4ccc(C(F)(F)F)cc4)nn4c3CN(C(=O)/C=C/CN(C)C)[C@@H](C)C4)c12. The van der Waals surface area contributed by atoms with E-state index in [9.17, 15) is 18.0 Å². The molecule has 0 radical (unpaired) electrons. The minimum atomic E-state index is -4.43. The second-order valence-corrected chi connectivity index (χ2v) is 9.96. The molecule has 7 nitrogen and oxygen atoms in total. The molecule has 0 fully saturated rings. The van der Waals surface area contributed by atoms with E-state index < -0.39 is 11.7 Å². The zero-order chi connectivity index (χ0) is 27.2. The fraction of sp³-hybridized carbons (Fsp3) is 0.321. The molecule has 0 spiro atoms. The number of fused-ring (bicyclic) bond motifs is 2. The molecule has 0 aliphatic carbocycles. The van der Waals surface area contributed by atoms with Crippen molar-refractivity contribution in [3.8, 4) is 22.4 Å². The number of rotatable bonds is 5. The maximum atomic E-state index is 13.3. The Labute approximate surface area is 218 Å². The number of alkyl halides is 3. The Balaban J connectivity index is 1.66. The largest absolute Gasteiger partial charge is 0.416 e. The van der Waals surface area contributed by atoms with E-state index in [1.807, 2.05) is 60.8 Å². The Hall–Kier alpha value is -3.92. The molecule has 4 aromatic rings. The second-order valence-electron chi connectivity index (χ2n) is 9.96. The summed E-state index contributed by atoms with van der Waals surface area (Å²) in [6, 6.07) is 6.86. The average molecular weight is 523 g/mol. The number of hydrogen-bond acceptors (Lipinski definition) is 4. The van der Waals surface area contributed by atoms with E-state index >= 15 is 0 Å². The van der Waals surface area contributed by atoms with Crippen molar-refractivity contribution in [2.75, 3.05) is 20.6 Å². The van der Waals surface area contributed by atoms with Crippen LogP contribution in [0.25, 0.3) is 33.4 Å². The van der Waals surface area contributed by atoms with Crippen LogP contribution in [0.5, 0.6) is 0 Å². The van der Waals surface area contributed by atoms with Gasteiger partial charge in [-0.05, 0) is 57.3 Å². The molecule has 38 heavy (non-hydrogen) atoms. The van der Waals surface area contributed by atoms with Crippen LogP contribution in [0.1, 0.15) is 23.7 Å². The minimum absolute atomic E-state index is 0.0912. The quantitative estimate of drug-likeness (QED) is 0.363. The van der Waals surface area contributed by atoms with Crippen LogP contribution in [0.2, 0.25) is 0 Å². The van der Waals surface area contributed by atoms with Gasteiger partial charge in [-0.25, -0.2) is 4.98 Å². The second kappa shape index (κ2) is 9.75. The van der Waals surface area contributed by atoms with Crippen LogP contribution in [0.4, 0.5) is 13.2 Å². The smallest absolute Gasteiger partial charge is 0.346 e. The van der Waals surface area contributed by atoms with Gasteiger partial charge in [0.05, 0.1) is 24.3 Å². The number of amides is 1. The summed E-state index contributed by atoms with van der Waals surface area (Å²) in [5, 5.41) is 5.80. The van der Waals surface area contributed by atoms with E-state index in [4.69, 9.17) is 5.10 Å². The number of nitrogens with one attached hydrogen (secondary N) is 1. The first-order valence-electron chi connectivity index (χ1n) is 12.4. The van der Waals surface area contributed by atoms with Crippen LogP contribution in [0.15, 0.2) is 54.9 Å². The Kier molecular flexibility index (Phi) is 6.60. The van der Waals surface area contributed by atoms with Crippen LogP contribution in [0, 0.1) is 6.92 Å². The number of carbonyl (C=O) groups is 1. The highest BCUT2D eigenvalue weighted by Gasteiger charge is 2.33. The number of aromatic nitrogens is 4. The summed E-state index contributed by atoms with van der Waals surface area (Å²) in [6.07, 6.45) is 2.59. The maximum Gasteiger partial charge on any atom is 0.416 e. The third kappa shape index (κ3) is 4.71. The Bertz CT molecular complexity index is 1510. The van der Waals surface area contributed by atoms with Gasteiger partial charge in [0.25, 0.3) is 0 Å². The molecule has 1 aromatic carbocycles. The van der Waals surface area contributed by atoms with E-state index in [1.165, 1.54) is 12.1 Å². The van der Waals surface area contributed by atoms with E-state index in [0.29, 0.717) is 36.5 Å². The maximum absolute atomic E-state index is 13.3. The summed E-state index contributed by atoms with van der Waals surface area (Å²) in [5.74, 6) is -0.0912.